The van der Waals surface area contributed by atoms with Crippen molar-refractivity contribution >= 4 is 23.4 Å². The first-order chi connectivity index (χ1) is 13.0. The highest BCUT2D eigenvalue weighted by atomic mass is 32.2. The van der Waals surface area contributed by atoms with E-state index in [1.165, 1.54) is 22.9 Å². The van der Waals surface area contributed by atoms with Crippen molar-refractivity contribution in [1.82, 2.24) is 24.9 Å². The van der Waals surface area contributed by atoms with Crippen molar-refractivity contribution in [3.05, 3.63) is 52.8 Å². The van der Waals surface area contributed by atoms with E-state index in [0.717, 1.165) is 30.7 Å². The van der Waals surface area contributed by atoms with E-state index in [-0.39, 0.29) is 17.2 Å². The Kier molecular flexibility index (Phi) is 4.86. The lowest BCUT2D eigenvalue weighted by Gasteiger charge is -2.27. The number of carbonyl (C=O) groups is 1. The number of thioether (sulfide) groups is 1. The van der Waals surface area contributed by atoms with Gasteiger partial charge in [-0.3, -0.25) is 9.20 Å². The molecular formula is C20H23N5OS. The van der Waals surface area contributed by atoms with Crippen LogP contribution in [-0.2, 0) is 11.2 Å². The van der Waals surface area contributed by atoms with Gasteiger partial charge in [0.25, 0.3) is 5.78 Å². The zero-order chi connectivity index (χ0) is 19.0. The molecule has 1 N–H and O–H groups in total. The Morgan fingerprint density at radius 2 is 2.11 bits per heavy atom. The van der Waals surface area contributed by atoms with Gasteiger partial charge in [-0.2, -0.15) is 0 Å². The highest BCUT2D eigenvalue weighted by Crippen LogP contribution is 2.30. The van der Waals surface area contributed by atoms with Crippen LogP contribution in [0.25, 0.3) is 5.78 Å². The lowest BCUT2D eigenvalue weighted by Crippen LogP contribution is -2.36. The Morgan fingerprint density at radius 3 is 2.96 bits per heavy atom. The van der Waals surface area contributed by atoms with E-state index >= 15 is 0 Å². The Labute approximate surface area is 162 Å². The molecule has 1 aliphatic carbocycles. The Balaban J connectivity index is 1.50. The molecule has 6 nitrogen and oxygen atoms in total. The number of benzene rings is 1. The van der Waals surface area contributed by atoms with Gasteiger partial charge in [0.05, 0.1) is 11.3 Å². The first kappa shape index (κ1) is 18.0. The number of aryl methyl sites for hydroxylation is 3. The maximum Gasteiger partial charge on any atom is 0.256 e. The predicted molar refractivity (Wildman–Crippen MR) is 106 cm³/mol. The van der Waals surface area contributed by atoms with E-state index in [1.807, 2.05) is 37.3 Å². The molecule has 27 heavy (non-hydrogen) atoms. The zero-order valence-corrected chi connectivity index (χ0v) is 16.6. The Hall–Kier alpha value is -2.41. The second-order valence-corrected chi connectivity index (χ2v) is 8.38. The first-order valence-corrected chi connectivity index (χ1v) is 10.1. The molecule has 0 saturated carbocycles. The molecule has 1 amide bonds. The third-order valence-electron chi connectivity index (χ3n) is 5.00. The minimum atomic E-state index is -0.271. The van der Waals surface area contributed by atoms with Crippen molar-refractivity contribution in [2.45, 2.75) is 56.5 Å². The SMILES string of the molecule is Cc1cc(C)n2c(S[C@H](C)C(=O)N[C@H]3CCCc4ccccc43)nnc2n1. The fraction of sp³-hybridized carbons (Fsp3) is 0.400. The van der Waals surface area contributed by atoms with Crippen molar-refractivity contribution in [3.63, 3.8) is 0 Å². The van der Waals surface area contributed by atoms with E-state index < -0.39 is 0 Å². The van der Waals surface area contributed by atoms with E-state index in [0.29, 0.717) is 10.9 Å². The molecule has 0 fully saturated rings. The van der Waals surface area contributed by atoms with Crippen LogP contribution in [0.15, 0.2) is 35.5 Å². The van der Waals surface area contributed by atoms with Gasteiger partial charge in [0.15, 0.2) is 5.16 Å². The van der Waals surface area contributed by atoms with Crippen LogP contribution < -0.4 is 5.32 Å². The van der Waals surface area contributed by atoms with Gasteiger partial charge in [-0.05, 0) is 57.2 Å². The Bertz CT molecular complexity index is 999. The van der Waals surface area contributed by atoms with Crippen molar-refractivity contribution in [3.8, 4) is 0 Å². The highest BCUT2D eigenvalue weighted by molar-refractivity contribution is 8.00. The fourth-order valence-electron chi connectivity index (χ4n) is 3.68. The maximum absolute atomic E-state index is 12.8. The van der Waals surface area contributed by atoms with Crippen LogP contribution in [0.1, 0.15) is 48.3 Å². The molecule has 4 rings (SSSR count). The third kappa shape index (κ3) is 3.56. The van der Waals surface area contributed by atoms with Crippen LogP contribution in [0.4, 0.5) is 0 Å². The topological polar surface area (TPSA) is 72.2 Å². The second-order valence-electron chi connectivity index (χ2n) is 7.07. The van der Waals surface area contributed by atoms with Crippen molar-refractivity contribution in [1.29, 1.82) is 0 Å². The van der Waals surface area contributed by atoms with Crippen LogP contribution in [0, 0.1) is 13.8 Å². The van der Waals surface area contributed by atoms with Gasteiger partial charge in [-0.25, -0.2) is 4.98 Å². The number of fused-ring (bicyclic) bond motifs is 2. The monoisotopic (exact) mass is 381 g/mol. The molecule has 2 heterocycles. The van der Waals surface area contributed by atoms with E-state index in [2.05, 4.69) is 38.7 Å². The zero-order valence-electron chi connectivity index (χ0n) is 15.8. The molecule has 0 bridgehead atoms. The summed E-state index contributed by atoms with van der Waals surface area (Å²) >= 11 is 1.42. The summed E-state index contributed by atoms with van der Waals surface area (Å²) < 4.78 is 1.90. The summed E-state index contributed by atoms with van der Waals surface area (Å²) in [5, 5.41) is 12.0. The van der Waals surface area contributed by atoms with Crippen LogP contribution >= 0.6 is 11.8 Å². The molecule has 2 aromatic heterocycles. The van der Waals surface area contributed by atoms with Crippen LogP contribution in [-0.4, -0.2) is 30.7 Å². The van der Waals surface area contributed by atoms with Crippen LogP contribution in [0.5, 0.6) is 0 Å². The van der Waals surface area contributed by atoms with Gasteiger partial charge in [0.2, 0.25) is 5.91 Å². The number of aromatic nitrogens is 4. The van der Waals surface area contributed by atoms with Gasteiger partial charge >= 0.3 is 0 Å². The van der Waals surface area contributed by atoms with Gasteiger partial charge in [0.1, 0.15) is 0 Å². The molecule has 3 aromatic rings. The smallest absolute Gasteiger partial charge is 0.256 e. The summed E-state index contributed by atoms with van der Waals surface area (Å²) in [6, 6.07) is 10.5. The van der Waals surface area contributed by atoms with Gasteiger partial charge < -0.3 is 5.32 Å². The number of hydrogen-bond donors (Lipinski definition) is 1. The average Bonchev–Trinajstić information content (AvgIpc) is 3.04. The highest BCUT2D eigenvalue weighted by Gasteiger charge is 2.25. The average molecular weight is 382 g/mol. The number of amides is 1. The summed E-state index contributed by atoms with van der Waals surface area (Å²) in [5.74, 6) is 0.597. The molecule has 1 aromatic carbocycles. The van der Waals surface area contributed by atoms with Gasteiger partial charge in [-0.1, -0.05) is 36.0 Å². The molecule has 0 aliphatic heterocycles. The van der Waals surface area contributed by atoms with Crippen LogP contribution in [0.2, 0.25) is 0 Å². The lowest BCUT2D eigenvalue weighted by atomic mass is 9.88. The molecule has 1 aliphatic rings. The standard InChI is InChI=1S/C20H23N5OS/c1-12-11-13(2)25-19(21-12)23-24-20(25)27-14(3)18(26)22-17-10-6-8-15-7-4-5-9-16(15)17/h4-5,7,9,11,14,17H,6,8,10H2,1-3H3,(H,22,26)/t14-,17+/m1/s1. The van der Waals surface area contributed by atoms with Crippen LogP contribution in [0.3, 0.4) is 0 Å². The first-order valence-electron chi connectivity index (χ1n) is 9.27. The molecule has 7 heteroatoms. The molecule has 0 unspecified atom stereocenters. The molecule has 0 saturated heterocycles. The third-order valence-corrected chi connectivity index (χ3v) is 6.04. The van der Waals surface area contributed by atoms with Crippen molar-refractivity contribution in [2.75, 3.05) is 0 Å². The minimum Gasteiger partial charge on any atom is -0.348 e. The summed E-state index contributed by atoms with van der Waals surface area (Å²) in [4.78, 5) is 17.2. The normalized spacial score (nSPS) is 17.5. The van der Waals surface area contributed by atoms with E-state index in [1.54, 1.807) is 0 Å². The molecule has 2 atom stereocenters. The number of rotatable bonds is 4. The predicted octanol–water partition coefficient (Wildman–Crippen LogP) is 3.42. The molecule has 0 spiro atoms. The van der Waals surface area contributed by atoms with E-state index in [4.69, 9.17) is 0 Å². The number of nitrogens with one attached hydrogen (secondary N) is 1. The van der Waals surface area contributed by atoms with Crippen molar-refractivity contribution < 1.29 is 4.79 Å². The van der Waals surface area contributed by atoms with Gasteiger partial charge in [-0.15, -0.1) is 10.2 Å². The number of carbonyl (C=O) groups excluding carboxylic acids is 1. The molecular weight excluding hydrogens is 358 g/mol. The number of hydrogen-bond acceptors (Lipinski definition) is 5. The quantitative estimate of drug-likeness (QED) is 0.701. The Morgan fingerprint density at radius 1 is 1.30 bits per heavy atom. The molecule has 0 radical (unpaired) electrons. The molecule has 140 valence electrons. The lowest BCUT2D eigenvalue weighted by molar-refractivity contribution is -0.121. The van der Waals surface area contributed by atoms with E-state index in [9.17, 15) is 4.79 Å². The summed E-state index contributed by atoms with van der Waals surface area (Å²) in [7, 11) is 0. The summed E-state index contributed by atoms with van der Waals surface area (Å²) in [6.07, 6.45) is 3.17. The number of nitrogens with zero attached hydrogens (tertiary/aromatic N) is 4. The summed E-state index contributed by atoms with van der Waals surface area (Å²) in [5.41, 5.74) is 4.51. The minimum absolute atomic E-state index is 0.0242. The fourth-order valence-corrected chi connectivity index (χ4v) is 4.59. The van der Waals surface area contributed by atoms with Crippen molar-refractivity contribution in [2.24, 2.45) is 0 Å². The maximum atomic E-state index is 12.8. The summed E-state index contributed by atoms with van der Waals surface area (Å²) in [6.45, 7) is 5.85. The van der Waals surface area contributed by atoms with Gasteiger partial charge in [0, 0.05) is 11.4 Å². The largest absolute Gasteiger partial charge is 0.348 e. The second kappa shape index (κ2) is 7.31.